The van der Waals surface area contributed by atoms with E-state index < -0.39 is 0 Å². The number of benzene rings is 1. The first-order valence-corrected chi connectivity index (χ1v) is 6.27. The highest BCUT2D eigenvalue weighted by Crippen LogP contribution is 2.22. The minimum atomic E-state index is -0.347. The van der Waals surface area contributed by atoms with E-state index in [1.807, 2.05) is 12.1 Å². The fourth-order valence-corrected chi connectivity index (χ4v) is 1.65. The molecule has 1 rings (SSSR count). The van der Waals surface area contributed by atoms with Crippen molar-refractivity contribution in [3.63, 3.8) is 0 Å². The molecule has 0 aromatic heterocycles. The molecule has 0 heterocycles. The fraction of sp³-hybridized carbons (Fsp3) is 0.154. The number of carbonyl (C=O) groups excluding carboxylic acids is 1. The molecule has 90 valence electrons. The van der Waals surface area contributed by atoms with Gasteiger partial charge in [-0.3, -0.25) is 0 Å². The zero-order chi connectivity index (χ0) is 12.7. The van der Waals surface area contributed by atoms with Crippen molar-refractivity contribution in [2.24, 2.45) is 0 Å². The highest BCUT2D eigenvalue weighted by Gasteiger charge is 1.96. The van der Waals surface area contributed by atoms with E-state index in [0.717, 1.165) is 10.0 Å². The van der Waals surface area contributed by atoms with E-state index in [1.165, 1.54) is 6.08 Å². The summed E-state index contributed by atoms with van der Waals surface area (Å²) >= 11 is 9.20. The molecule has 0 aliphatic rings. The van der Waals surface area contributed by atoms with Gasteiger partial charge in [0.15, 0.2) is 0 Å². The van der Waals surface area contributed by atoms with E-state index >= 15 is 0 Å². The van der Waals surface area contributed by atoms with Gasteiger partial charge < -0.3 is 4.74 Å². The topological polar surface area (TPSA) is 26.3 Å². The third kappa shape index (κ3) is 5.20. The lowest BCUT2D eigenvalue weighted by Crippen LogP contribution is -1.98. The van der Waals surface area contributed by atoms with Crippen LogP contribution in [0.15, 0.2) is 42.5 Å². The molecule has 17 heavy (non-hydrogen) atoms. The summed E-state index contributed by atoms with van der Waals surface area (Å²) in [5.74, 6) is -0.347. The van der Waals surface area contributed by atoms with Crippen LogP contribution < -0.4 is 0 Å². The molecule has 0 amide bonds. The van der Waals surface area contributed by atoms with Crippen LogP contribution in [0.4, 0.5) is 0 Å². The van der Waals surface area contributed by atoms with Gasteiger partial charge in [0.25, 0.3) is 0 Å². The van der Waals surface area contributed by atoms with Crippen LogP contribution in [0.1, 0.15) is 12.5 Å². The quantitative estimate of drug-likeness (QED) is 0.473. The number of esters is 1. The van der Waals surface area contributed by atoms with E-state index in [1.54, 1.807) is 31.2 Å². The summed E-state index contributed by atoms with van der Waals surface area (Å²) in [6, 6.07) is 7.39. The molecule has 2 nitrogen and oxygen atoms in total. The SMILES string of the molecule is CCOC(=O)/C=C/C=C(\Br)c1ccc(Cl)cc1. The molecule has 0 saturated heterocycles. The van der Waals surface area contributed by atoms with Crippen molar-refractivity contribution in [1.82, 2.24) is 0 Å². The Labute approximate surface area is 114 Å². The lowest BCUT2D eigenvalue weighted by Gasteiger charge is -1.98. The second-order valence-electron chi connectivity index (χ2n) is 3.13. The average molecular weight is 316 g/mol. The number of halogens is 2. The number of allylic oxidation sites excluding steroid dienone is 2. The summed E-state index contributed by atoms with van der Waals surface area (Å²) in [4.78, 5) is 11.0. The summed E-state index contributed by atoms with van der Waals surface area (Å²) in [5.41, 5.74) is 0.989. The summed E-state index contributed by atoms with van der Waals surface area (Å²) in [5, 5.41) is 0.691. The summed E-state index contributed by atoms with van der Waals surface area (Å²) in [6.45, 7) is 2.15. The highest BCUT2D eigenvalue weighted by atomic mass is 79.9. The predicted octanol–water partition coefficient (Wildman–Crippen LogP) is 4.20. The van der Waals surface area contributed by atoms with Gasteiger partial charge in [0.2, 0.25) is 0 Å². The molecule has 0 atom stereocenters. The van der Waals surface area contributed by atoms with E-state index in [0.29, 0.717) is 11.6 Å². The lowest BCUT2D eigenvalue weighted by atomic mass is 10.2. The summed E-state index contributed by atoms with van der Waals surface area (Å²) < 4.78 is 5.63. The number of rotatable bonds is 4. The van der Waals surface area contributed by atoms with Gasteiger partial charge in [-0.25, -0.2) is 4.79 Å². The Balaban J connectivity index is 2.66. The van der Waals surface area contributed by atoms with Crippen LogP contribution in [0.2, 0.25) is 5.02 Å². The lowest BCUT2D eigenvalue weighted by molar-refractivity contribution is -0.137. The van der Waals surface area contributed by atoms with Gasteiger partial charge in [0.05, 0.1) is 6.61 Å². The van der Waals surface area contributed by atoms with Gasteiger partial charge in [-0.05, 0) is 30.7 Å². The smallest absolute Gasteiger partial charge is 0.330 e. The predicted molar refractivity (Wildman–Crippen MR) is 74.1 cm³/mol. The second kappa shape index (κ2) is 7.30. The maximum absolute atomic E-state index is 11.0. The molecule has 0 bridgehead atoms. The molecule has 0 aliphatic carbocycles. The Hall–Kier alpha value is -1.06. The molecule has 0 radical (unpaired) electrons. The number of ether oxygens (including phenoxy) is 1. The van der Waals surface area contributed by atoms with Crippen molar-refractivity contribution in [3.8, 4) is 0 Å². The first-order chi connectivity index (χ1) is 8.13. The Morgan fingerprint density at radius 2 is 2.06 bits per heavy atom. The van der Waals surface area contributed by atoms with Crippen molar-refractivity contribution < 1.29 is 9.53 Å². The van der Waals surface area contributed by atoms with Crippen LogP contribution in [0, 0.1) is 0 Å². The van der Waals surface area contributed by atoms with Crippen LogP contribution in [0.25, 0.3) is 4.48 Å². The highest BCUT2D eigenvalue weighted by molar-refractivity contribution is 9.15. The minimum Gasteiger partial charge on any atom is -0.463 e. The van der Waals surface area contributed by atoms with Gasteiger partial charge >= 0.3 is 5.97 Å². The number of hydrogen-bond donors (Lipinski definition) is 0. The van der Waals surface area contributed by atoms with E-state index in [9.17, 15) is 4.79 Å². The van der Waals surface area contributed by atoms with Gasteiger partial charge in [0.1, 0.15) is 0 Å². The van der Waals surface area contributed by atoms with Gasteiger partial charge in [-0.15, -0.1) is 0 Å². The molecule has 0 N–H and O–H groups in total. The van der Waals surface area contributed by atoms with Crippen LogP contribution >= 0.6 is 27.5 Å². The Bertz CT molecular complexity index is 435. The van der Waals surface area contributed by atoms with Crippen LogP contribution in [0.3, 0.4) is 0 Å². The fourth-order valence-electron chi connectivity index (χ4n) is 1.11. The molecule has 0 aliphatic heterocycles. The molecule has 0 unspecified atom stereocenters. The van der Waals surface area contributed by atoms with Crippen molar-refractivity contribution in [2.75, 3.05) is 6.61 Å². The van der Waals surface area contributed by atoms with Gasteiger partial charge in [-0.2, -0.15) is 0 Å². The van der Waals surface area contributed by atoms with Crippen LogP contribution in [0.5, 0.6) is 0 Å². The van der Waals surface area contributed by atoms with Crippen molar-refractivity contribution in [2.45, 2.75) is 6.92 Å². The average Bonchev–Trinajstić information content (AvgIpc) is 2.30. The first kappa shape index (κ1) is 14.0. The van der Waals surface area contributed by atoms with Crippen LogP contribution in [-0.2, 0) is 9.53 Å². The Morgan fingerprint density at radius 1 is 1.41 bits per heavy atom. The van der Waals surface area contributed by atoms with Crippen LogP contribution in [-0.4, -0.2) is 12.6 Å². The number of carbonyl (C=O) groups is 1. The molecule has 4 heteroatoms. The third-order valence-electron chi connectivity index (χ3n) is 1.88. The molecule has 0 spiro atoms. The zero-order valence-electron chi connectivity index (χ0n) is 9.32. The summed E-state index contributed by atoms with van der Waals surface area (Å²) in [7, 11) is 0. The molecular weight excluding hydrogens is 303 g/mol. The molecule has 0 fully saturated rings. The van der Waals surface area contributed by atoms with E-state index in [4.69, 9.17) is 16.3 Å². The van der Waals surface area contributed by atoms with E-state index in [-0.39, 0.29) is 5.97 Å². The third-order valence-corrected chi connectivity index (χ3v) is 2.86. The monoisotopic (exact) mass is 314 g/mol. The maximum Gasteiger partial charge on any atom is 0.330 e. The molecule has 0 saturated carbocycles. The normalized spacial score (nSPS) is 11.8. The largest absolute Gasteiger partial charge is 0.463 e. The standard InChI is InChI=1S/C13H12BrClO2/c1-2-17-13(16)5-3-4-12(14)10-6-8-11(15)9-7-10/h3-9H,2H2,1H3/b5-3+,12-4-. The summed E-state index contributed by atoms with van der Waals surface area (Å²) in [6.07, 6.45) is 4.79. The first-order valence-electron chi connectivity index (χ1n) is 5.10. The maximum atomic E-state index is 11.0. The Morgan fingerprint density at radius 3 is 2.65 bits per heavy atom. The number of hydrogen-bond acceptors (Lipinski definition) is 2. The molecule has 1 aromatic carbocycles. The van der Waals surface area contributed by atoms with Gasteiger partial charge in [0, 0.05) is 15.6 Å². The van der Waals surface area contributed by atoms with Crippen molar-refractivity contribution >= 4 is 38.0 Å². The molecular formula is C13H12BrClO2. The molecule has 1 aromatic rings. The van der Waals surface area contributed by atoms with Crippen molar-refractivity contribution in [3.05, 3.63) is 53.1 Å². The van der Waals surface area contributed by atoms with Gasteiger partial charge in [-0.1, -0.05) is 45.7 Å². The zero-order valence-corrected chi connectivity index (χ0v) is 11.7. The van der Waals surface area contributed by atoms with Crippen molar-refractivity contribution in [1.29, 1.82) is 0 Å². The van der Waals surface area contributed by atoms with E-state index in [2.05, 4.69) is 15.9 Å². The second-order valence-corrected chi connectivity index (χ2v) is 4.42. The Kier molecular flexibility index (Phi) is 6.01. The minimum absolute atomic E-state index is 0.347.